The van der Waals surface area contributed by atoms with Crippen molar-refractivity contribution in [2.24, 2.45) is 0 Å². The Hall–Kier alpha value is -2.13. The number of halogens is 4. The zero-order valence-corrected chi connectivity index (χ0v) is 13.7. The summed E-state index contributed by atoms with van der Waals surface area (Å²) >= 11 is 5.99. The highest BCUT2D eigenvalue weighted by Gasteiger charge is 2.33. The molecule has 0 radical (unpaired) electrons. The van der Waals surface area contributed by atoms with Crippen molar-refractivity contribution < 1.29 is 18.3 Å². The highest BCUT2D eigenvalue weighted by molar-refractivity contribution is 6.33. The Bertz CT molecular complexity index is 758. The number of alkyl halides is 3. The predicted molar refractivity (Wildman–Crippen MR) is 86.4 cm³/mol. The van der Waals surface area contributed by atoms with E-state index in [0.29, 0.717) is 30.5 Å². The molecule has 0 saturated carbocycles. The largest absolute Gasteiger partial charge is 0.417 e. The Morgan fingerprint density at radius 2 is 2.16 bits per heavy atom. The van der Waals surface area contributed by atoms with Crippen molar-refractivity contribution in [1.82, 2.24) is 15.0 Å². The Morgan fingerprint density at radius 3 is 2.84 bits per heavy atom. The number of pyridine rings is 1. The summed E-state index contributed by atoms with van der Waals surface area (Å²) in [4.78, 5) is 13.9. The Labute approximate surface area is 146 Å². The van der Waals surface area contributed by atoms with Gasteiger partial charge in [0.2, 0.25) is 5.95 Å². The highest BCUT2D eigenvalue weighted by Crippen LogP contribution is 2.34. The molecule has 3 rings (SSSR count). The molecule has 1 unspecified atom stereocenters. The van der Waals surface area contributed by atoms with Crippen molar-refractivity contribution in [2.75, 3.05) is 23.3 Å². The van der Waals surface area contributed by atoms with Crippen LogP contribution >= 0.6 is 11.6 Å². The van der Waals surface area contributed by atoms with Crippen molar-refractivity contribution in [2.45, 2.75) is 25.2 Å². The predicted octanol–water partition coefficient (Wildman–Crippen LogP) is 2.73. The van der Waals surface area contributed by atoms with Gasteiger partial charge in [-0.25, -0.2) is 15.0 Å². The number of aromatic nitrogens is 3. The fraction of sp³-hybridized carbons (Fsp3) is 0.400. The van der Waals surface area contributed by atoms with Crippen molar-refractivity contribution >= 4 is 23.4 Å². The summed E-state index contributed by atoms with van der Waals surface area (Å²) in [7, 11) is 0. The van der Waals surface area contributed by atoms with Crippen LogP contribution in [0.2, 0.25) is 5.02 Å². The van der Waals surface area contributed by atoms with E-state index in [0.717, 1.165) is 18.7 Å². The summed E-state index contributed by atoms with van der Waals surface area (Å²) in [6.45, 7) is 0.916. The van der Waals surface area contributed by atoms with Gasteiger partial charge in [0.1, 0.15) is 5.82 Å². The third-order valence-electron chi connectivity index (χ3n) is 3.85. The van der Waals surface area contributed by atoms with Gasteiger partial charge in [-0.05, 0) is 18.6 Å². The molecule has 0 bridgehead atoms. The van der Waals surface area contributed by atoms with Gasteiger partial charge in [0, 0.05) is 31.5 Å². The monoisotopic (exact) mass is 373 g/mol. The molecule has 1 atom stereocenters. The van der Waals surface area contributed by atoms with Crippen molar-refractivity contribution in [3.8, 4) is 0 Å². The average Bonchev–Trinajstić information content (AvgIpc) is 3.02. The molecule has 2 N–H and O–H groups in total. The lowest BCUT2D eigenvalue weighted by molar-refractivity contribution is -0.137. The van der Waals surface area contributed by atoms with Gasteiger partial charge in [0.15, 0.2) is 0 Å². The van der Waals surface area contributed by atoms with Gasteiger partial charge in [-0.2, -0.15) is 13.2 Å². The molecule has 0 amide bonds. The van der Waals surface area contributed by atoms with Gasteiger partial charge in [-0.15, -0.1) is 0 Å². The SMILES string of the molecule is OCc1ccnc(NC2CCN(c3ncc(C(F)(F)F)cc3Cl)C2)n1. The van der Waals surface area contributed by atoms with E-state index in [2.05, 4.69) is 20.3 Å². The van der Waals surface area contributed by atoms with Crippen LogP contribution in [0, 0.1) is 0 Å². The maximum atomic E-state index is 12.7. The van der Waals surface area contributed by atoms with E-state index in [-0.39, 0.29) is 17.7 Å². The molecule has 0 aliphatic carbocycles. The van der Waals surface area contributed by atoms with Gasteiger partial charge in [-0.3, -0.25) is 0 Å². The molecule has 1 aliphatic heterocycles. The number of rotatable bonds is 4. The zero-order chi connectivity index (χ0) is 18.0. The van der Waals surface area contributed by atoms with Crippen LogP contribution in [0.3, 0.4) is 0 Å². The summed E-state index contributed by atoms with van der Waals surface area (Å²) < 4.78 is 38.1. The molecule has 10 heteroatoms. The van der Waals surface area contributed by atoms with Gasteiger partial charge in [0.25, 0.3) is 0 Å². The number of nitrogens with zero attached hydrogens (tertiary/aromatic N) is 4. The molecule has 0 aromatic carbocycles. The number of hydrogen-bond donors (Lipinski definition) is 2. The van der Waals surface area contributed by atoms with Gasteiger partial charge in [0.05, 0.1) is 22.9 Å². The Morgan fingerprint density at radius 1 is 1.36 bits per heavy atom. The van der Waals surface area contributed by atoms with E-state index < -0.39 is 11.7 Å². The smallest absolute Gasteiger partial charge is 0.390 e. The first-order chi connectivity index (χ1) is 11.9. The molecular formula is C15H15ClF3N5O. The number of aliphatic hydroxyl groups excluding tert-OH is 1. The number of nitrogens with one attached hydrogen (secondary N) is 1. The van der Waals surface area contributed by atoms with E-state index in [4.69, 9.17) is 16.7 Å². The summed E-state index contributed by atoms with van der Waals surface area (Å²) in [6, 6.07) is 2.49. The average molecular weight is 374 g/mol. The maximum absolute atomic E-state index is 12.7. The van der Waals surface area contributed by atoms with Crippen LogP contribution in [0.1, 0.15) is 17.7 Å². The van der Waals surface area contributed by atoms with Crippen LogP contribution in [0.4, 0.5) is 24.9 Å². The van der Waals surface area contributed by atoms with E-state index >= 15 is 0 Å². The minimum atomic E-state index is -4.47. The highest BCUT2D eigenvalue weighted by atomic mass is 35.5. The minimum Gasteiger partial charge on any atom is -0.390 e. The maximum Gasteiger partial charge on any atom is 0.417 e. The first-order valence-electron chi connectivity index (χ1n) is 7.54. The quantitative estimate of drug-likeness (QED) is 0.858. The molecule has 1 aliphatic rings. The molecule has 3 heterocycles. The number of anilines is 2. The molecule has 1 saturated heterocycles. The molecule has 2 aromatic heterocycles. The molecular weight excluding hydrogens is 359 g/mol. The second-order valence-corrected chi connectivity index (χ2v) is 6.04. The van der Waals surface area contributed by atoms with Crippen LogP contribution in [0.5, 0.6) is 0 Å². The summed E-state index contributed by atoms with van der Waals surface area (Å²) in [5.74, 6) is 0.717. The molecule has 134 valence electrons. The summed E-state index contributed by atoms with van der Waals surface area (Å²) in [5, 5.41) is 12.2. The lowest BCUT2D eigenvalue weighted by Gasteiger charge is -2.20. The third-order valence-corrected chi connectivity index (χ3v) is 4.12. The van der Waals surface area contributed by atoms with Gasteiger partial charge < -0.3 is 15.3 Å². The van der Waals surface area contributed by atoms with Gasteiger partial charge in [-0.1, -0.05) is 11.6 Å². The number of aliphatic hydroxyl groups is 1. The number of hydrogen-bond acceptors (Lipinski definition) is 6. The van der Waals surface area contributed by atoms with Crippen LogP contribution in [-0.2, 0) is 12.8 Å². The Kier molecular flexibility index (Phi) is 4.96. The molecule has 1 fully saturated rings. The second-order valence-electron chi connectivity index (χ2n) is 5.63. The van der Waals surface area contributed by atoms with Crippen LogP contribution in [0.15, 0.2) is 24.5 Å². The van der Waals surface area contributed by atoms with E-state index in [9.17, 15) is 13.2 Å². The lowest BCUT2D eigenvalue weighted by Crippen LogP contribution is -2.27. The van der Waals surface area contributed by atoms with Crippen molar-refractivity contribution in [3.63, 3.8) is 0 Å². The van der Waals surface area contributed by atoms with Crippen LogP contribution in [0.25, 0.3) is 0 Å². The molecule has 2 aromatic rings. The van der Waals surface area contributed by atoms with E-state index in [1.54, 1.807) is 12.3 Å². The molecule has 25 heavy (non-hydrogen) atoms. The van der Waals surface area contributed by atoms with E-state index in [1.165, 1.54) is 0 Å². The van der Waals surface area contributed by atoms with Crippen LogP contribution < -0.4 is 10.2 Å². The first kappa shape index (κ1) is 17.7. The fourth-order valence-electron chi connectivity index (χ4n) is 2.63. The van der Waals surface area contributed by atoms with Crippen molar-refractivity contribution in [1.29, 1.82) is 0 Å². The summed E-state index contributed by atoms with van der Waals surface area (Å²) in [5.41, 5.74) is -0.371. The van der Waals surface area contributed by atoms with Crippen LogP contribution in [-0.4, -0.2) is 39.2 Å². The lowest BCUT2D eigenvalue weighted by atomic mass is 10.2. The van der Waals surface area contributed by atoms with Gasteiger partial charge >= 0.3 is 6.18 Å². The summed E-state index contributed by atoms with van der Waals surface area (Å²) in [6.07, 6.45) is -1.41. The minimum absolute atomic E-state index is 0.00546. The second kappa shape index (κ2) is 7.01. The third kappa shape index (κ3) is 4.10. The normalized spacial score (nSPS) is 17.8. The fourth-order valence-corrected chi connectivity index (χ4v) is 2.91. The van der Waals surface area contributed by atoms with E-state index in [1.807, 2.05) is 4.90 Å². The topological polar surface area (TPSA) is 74.2 Å². The molecule has 0 spiro atoms. The first-order valence-corrected chi connectivity index (χ1v) is 7.91. The Balaban J connectivity index is 1.68. The zero-order valence-electron chi connectivity index (χ0n) is 13.0. The standard InChI is InChI=1S/C15H15ClF3N5O/c16-12-5-9(15(17,18)19)6-21-13(12)24-4-2-10(7-24)22-14-20-3-1-11(8-25)23-14/h1,3,5-6,10,25H,2,4,7-8H2,(H,20,22,23). The molecule has 6 nitrogen and oxygen atoms in total. The van der Waals surface area contributed by atoms with Crippen molar-refractivity contribution in [3.05, 3.63) is 40.8 Å².